The van der Waals surface area contributed by atoms with Gasteiger partial charge in [-0.2, -0.15) is 0 Å². The maximum Gasteiger partial charge on any atom is -0.00206 e. The maximum absolute atomic E-state index is 3.42. The topological polar surface area (TPSA) is 12.0 Å². The molecular weight excluding hydrogens is 158 g/mol. The van der Waals surface area contributed by atoms with Crippen LogP contribution in [0.1, 0.15) is 39.0 Å². The zero-order valence-electron chi connectivity index (χ0n) is 7.44. The molecule has 0 heterocycles. The number of hydrogen-bond acceptors (Lipinski definition) is 1. The molecule has 0 atom stereocenters. The zero-order chi connectivity index (χ0) is 7.23. The van der Waals surface area contributed by atoms with Crippen molar-refractivity contribution in [1.82, 2.24) is 5.32 Å². The monoisotopic (exact) mass is 177 g/mol. The minimum absolute atomic E-state index is 0. The molecule has 1 saturated carbocycles. The molecule has 1 rings (SSSR count). The fraction of sp³-hybridized carbons (Fsp3) is 1.00. The Bertz CT molecular complexity index is 79.6. The molecule has 68 valence electrons. The minimum Gasteiger partial charge on any atom is -0.317 e. The van der Waals surface area contributed by atoms with Crippen molar-refractivity contribution in [3.8, 4) is 0 Å². The summed E-state index contributed by atoms with van der Waals surface area (Å²) in [5.41, 5.74) is 0. The van der Waals surface area contributed by atoms with Crippen LogP contribution in [-0.4, -0.2) is 13.1 Å². The normalized spacial score (nSPS) is 19.4. The molecule has 0 aliphatic heterocycles. The molecule has 0 aromatic rings. The highest BCUT2D eigenvalue weighted by Crippen LogP contribution is 2.22. The molecule has 0 aromatic heterocycles. The van der Waals surface area contributed by atoms with Crippen molar-refractivity contribution < 1.29 is 0 Å². The van der Waals surface area contributed by atoms with Crippen LogP contribution in [0.15, 0.2) is 0 Å². The third kappa shape index (κ3) is 4.65. The van der Waals surface area contributed by atoms with Crippen LogP contribution in [0, 0.1) is 5.92 Å². The summed E-state index contributed by atoms with van der Waals surface area (Å²) in [6.45, 7) is 4.58. The standard InChI is InChI=1S/C9H19N.ClH/c1-2-10-8-9-6-4-3-5-7-9;/h9-10H,2-8H2,1H3;1H. The van der Waals surface area contributed by atoms with Crippen molar-refractivity contribution in [3.05, 3.63) is 0 Å². The van der Waals surface area contributed by atoms with Gasteiger partial charge in [0.1, 0.15) is 0 Å². The lowest BCUT2D eigenvalue weighted by molar-refractivity contribution is 0.345. The first-order valence-electron chi connectivity index (χ1n) is 4.64. The summed E-state index contributed by atoms with van der Waals surface area (Å²) in [5, 5.41) is 3.42. The second-order valence-electron chi connectivity index (χ2n) is 3.31. The Kier molecular flexibility index (Phi) is 7.09. The smallest absolute Gasteiger partial charge is 0.00206 e. The van der Waals surface area contributed by atoms with Crippen molar-refractivity contribution in [1.29, 1.82) is 0 Å². The molecule has 1 aliphatic rings. The van der Waals surface area contributed by atoms with Crippen LogP contribution < -0.4 is 5.32 Å². The van der Waals surface area contributed by atoms with E-state index in [1.54, 1.807) is 0 Å². The van der Waals surface area contributed by atoms with Crippen LogP contribution in [0.2, 0.25) is 0 Å². The summed E-state index contributed by atoms with van der Waals surface area (Å²) in [6.07, 6.45) is 7.34. The predicted octanol–water partition coefficient (Wildman–Crippen LogP) is 2.60. The van der Waals surface area contributed by atoms with Crippen molar-refractivity contribution in [2.75, 3.05) is 13.1 Å². The van der Waals surface area contributed by atoms with Crippen LogP contribution in [0.25, 0.3) is 0 Å². The van der Waals surface area contributed by atoms with E-state index < -0.39 is 0 Å². The van der Waals surface area contributed by atoms with Crippen LogP contribution in [-0.2, 0) is 0 Å². The molecular formula is C9H20ClN. The molecule has 0 spiro atoms. The fourth-order valence-electron chi connectivity index (χ4n) is 1.74. The molecule has 1 N–H and O–H groups in total. The SMILES string of the molecule is CCNCC1CCCCC1.Cl. The highest BCUT2D eigenvalue weighted by atomic mass is 35.5. The number of hydrogen-bond donors (Lipinski definition) is 1. The van der Waals surface area contributed by atoms with Gasteiger partial charge in [-0.05, 0) is 31.8 Å². The van der Waals surface area contributed by atoms with Gasteiger partial charge in [-0.25, -0.2) is 0 Å². The van der Waals surface area contributed by atoms with Crippen LogP contribution in [0.4, 0.5) is 0 Å². The summed E-state index contributed by atoms with van der Waals surface area (Å²) >= 11 is 0. The summed E-state index contributed by atoms with van der Waals surface area (Å²) in [4.78, 5) is 0. The first-order chi connectivity index (χ1) is 4.93. The molecule has 1 aliphatic carbocycles. The van der Waals surface area contributed by atoms with E-state index in [2.05, 4.69) is 12.2 Å². The third-order valence-electron chi connectivity index (χ3n) is 2.41. The quantitative estimate of drug-likeness (QED) is 0.699. The zero-order valence-corrected chi connectivity index (χ0v) is 8.25. The maximum atomic E-state index is 3.42. The average molecular weight is 178 g/mol. The lowest BCUT2D eigenvalue weighted by atomic mass is 9.89. The van der Waals surface area contributed by atoms with Gasteiger partial charge in [0.15, 0.2) is 0 Å². The lowest BCUT2D eigenvalue weighted by Crippen LogP contribution is -2.23. The average Bonchev–Trinajstić information content (AvgIpc) is 2.03. The van der Waals surface area contributed by atoms with E-state index in [-0.39, 0.29) is 12.4 Å². The third-order valence-corrected chi connectivity index (χ3v) is 2.41. The van der Waals surface area contributed by atoms with Gasteiger partial charge < -0.3 is 5.32 Å². The van der Waals surface area contributed by atoms with Crippen molar-refractivity contribution in [2.45, 2.75) is 39.0 Å². The van der Waals surface area contributed by atoms with Gasteiger partial charge in [-0.3, -0.25) is 0 Å². The van der Waals surface area contributed by atoms with Gasteiger partial charge in [0.25, 0.3) is 0 Å². The lowest BCUT2D eigenvalue weighted by Gasteiger charge is -2.21. The molecule has 2 heteroatoms. The molecule has 1 fully saturated rings. The first-order valence-corrected chi connectivity index (χ1v) is 4.64. The molecule has 0 saturated heterocycles. The largest absolute Gasteiger partial charge is 0.317 e. The summed E-state index contributed by atoms with van der Waals surface area (Å²) in [6, 6.07) is 0. The second kappa shape index (κ2) is 6.93. The van der Waals surface area contributed by atoms with Crippen molar-refractivity contribution in [3.63, 3.8) is 0 Å². The predicted molar refractivity (Wildman–Crippen MR) is 52.4 cm³/mol. The number of rotatable bonds is 3. The van der Waals surface area contributed by atoms with Crippen LogP contribution >= 0.6 is 12.4 Å². The second-order valence-corrected chi connectivity index (χ2v) is 3.31. The Hall–Kier alpha value is 0.250. The minimum atomic E-state index is 0. The molecule has 11 heavy (non-hydrogen) atoms. The first kappa shape index (κ1) is 11.2. The van der Waals surface area contributed by atoms with E-state index in [1.807, 2.05) is 0 Å². The summed E-state index contributed by atoms with van der Waals surface area (Å²) in [7, 11) is 0. The van der Waals surface area contributed by atoms with E-state index in [9.17, 15) is 0 Å². The number of nitrogens with one attached hydrogen (secondary N) is 1. The Morgan fingerprint density at radius 2 is 1.82 bits per heavy atom. The van der Waals surface area contributed by atoms with Crippen LogP contribution in [0.3, 0.4) is 0 Å². The van der Waals surface area contributed by atoms with Gasteiger partial charge >= 0.3 is 0 Å². The van der Waals surface area contributed by atoms with Crippen molar-refractivity contribution in [2.24, 2.45) is 5.92 Å². The van der Waals surface area contributed by atoms with Crippen LogP contribution in [0.5, 0.6) is 0 Å². The van der Waals surface area contributed by atoms with Gasteiger partial charge in [-0.1, -0.05) is 26.2 Å². The van der Waals surface area contributed by atoms with E-state index in [4.69, 9.17) is 0 Å². The van der Waals surface area contributed by atoms with E-state index in [0.717, 1.165) is 12.5 Å². The van der Waals surface area contributed by atoms with E-state index in [0.29, 0.717) is 0 Å². The molecule has 1 nitrogen and oxygen atoms in total. The molecule has 0 amide bonds. The van der Waals surface area contributed by atoms with Gasteiger partial charge in [0.05, 0.1) is 0 Å². The number of halogens is 1. The fourth-order valence-corrected chi connectivity index (χ4v) is 1.74. The Morgan fingerprint density at radius 1 is 1.18 bits per heavy atom. The highest BCUT2D eigenvalue weighted by molar-refractivity contribution is 5.85. The van der Waals surface area contributed by atoms with Crippen molar-refractivity contribution >= 4 is 12.4 Å². The molecule has 0 unspecified atom stereocenters. The Labute approximate surface area is 76.4 Å². The van der Waals surface area contributed by atoms with E-state index >= 15 is 0 Å². The molecule has 0 radical (unpaired) electrons. The molecule has 0 bridgehead atoms. The Balaban J connectivity index is 0.000001000. The van der Waals surface area contributed by atoms with Gasteiger partial charge in [0, 0.05) is 0 Å². The Morgan fingerprint density at radius 3 is 2.36 bits per heavy atom. The van der Waals surface area contributed by atoms with Gasteiger partial charge in [0.2, 0.25) is 0 Å². The summed E-state index contributed by atoms with van der Waals surface area (Å²) in [5.74, 6) is 0.994. The molecule has 0 aromatic carbocycles. The highest BCUT2D eigenvalue weighted by Gasteiger charge is 2.11. The summed E-state index contributed by atoms with van der Waals surface area (Å²) < 4.78 is 0. The van der Waals surface area contributed by atoms with Gasteiger partial charge in [-0.15, -0.1) is 12.4 Å². The van der Waals surface area contributed by atoms with E-state index in [1.165, 1.54) is 38.6 Å².